The van der Waals surface area contributed by atoms with Crippen LogP contribution in [0.2, 0.25) is 0 Å². The second-order valence-corrected chi connectivity index (χ2v) is 5.19. The lowest BCUT2D eigenvalue weighted by Crippen LogP contribution is -2.35. The maximum Gasteiger partial charge on any atom is 0.107 e. The van der Waals surface area contributed by atoms with Crippen molar-refractivity contribution >= 4 is 11.0 Å². The molecule has 1 aromatic heterocycles. The Kier molecular flexibility index (Phi) is 3.48. The van der Waals surface area contributed by atoms with E-state index in [4.69, 9.17) is 0 Å². The summed E-state index contributed by atoms with van der Waals surface area (Å²) in [7, 11) is 2.02. The second-order valence-electron chi connectivity index (χ2n) is 5.19. The number of para-hydroxylation sites is 2. The second kappa shape index (κ2) is 4.88. The first kappa shape index (κ1) is 12.1. The number of nitrogens with one attached hydrogen (secondary N) is 2. The Morgan fingerprint density at radius 2 is 2.06 bits per heavy atom. The van der Waals surface area contributed by atoms with Crippen LogP contribution in [-0.2, 0) is 6.42 Å². The number of rotatable bonds is 5. The highest BCUT2D eigenvalue weighted by atomic mass is 14.9. The van der Waals surface area contributed by atoms with E-state index in [-0.39, 0.29) is 5.54 Å². The molecule has 0 radical (unpaired) electrons. The summed E-state index contributed by atoms with van der Waals surface area (Å²) in [5.41, 5.74) is 2.41. The van der Waals surface area contributed by atoms with Gasteiger partial charge < -0.3 is 10.3 Å². The number of benzene rings is 1. The van der Waals surface area contributed by atoms with Gasteiger partial charge in [-0.15, -0.1) is 0 Å². The third-order valence-corrected chi connectivity index (χ3v) is 3.33. The molecule has 2 N–H and O–H groups in total. The Bertz CT molecular complexity index is 452. The van der Waals surface area contributed by atoms with Crippen molar-refractivity contribution in [3.8, 4) is 0 Å². The van der Waals surface area contributed by atoms with Gasteiger partial charge in [0.1, 0.15) is 5.82 Å². The van der Waals surface area contributed by atoms with E-state index in [2.05, 4.69) is 35.2 Å². The molecule has 2 aromatic rings. The summed E-state index contributed by atoms with van der Waals surface area (Å²) < 4.78 is 0. The monoisotopic (exact) mass is 231 g/mol. The van der Waals surface area contributed by atoms with Gasteiger partial charge in [0.15, 0.2) is 0 Å². The first-order valence-corrected chi connectivity index (χ1v) is 6.23. The van der Waals surface area contributed by atoms with Crippen LogP contribution in [0.25, 0.3) is 11.0 Å². The number of aromatic nitrogens is 2. The first-order valence-electron chi connectivity index (χ1n) is 6.23. The summed E-state index contributed by atoms with van der Waals surface area (Å²) >= 11 is 0. The van der Waals surface area contributed by atoms with E-state index >= 15 is 0 Å². The van der Waals surface area contributed by atoms with Gasteiger partial charge in [-0.05, 0) is 45.9 Å². The molecule has 0 saturated heterocycles. The van der Waals surface area contributed by atoms with E-state index < -0.39 is 0 Å². The molecule has 3 heteroatoms. The fourth-order valence-corrected chi connectivity index (χ4v) is 1.95. The van der Waals surface area contributed by atoms with E-state index in [0.29, 0.717) is 0 Å². The molecule has 2 rings (SSSR count). The Labute approximate surface area is 103 Å². The van der Waals surface area contributed by atoms with Gasteiger partial charge >= 0.3 is 0 Å². The molecule has 0 amide bonds. The molecule has 0 saturated carbocycles. The summed E-state index contributed by atoms with van der Waals surface area (Å²) in [4.78, 5) is 7.95. The molecule has 1 aromatic carbocycles. The normalized spacial score (nSPS) is 12.2. The van der Waals surface area contributed by atoms with Gasteiger partial charge in [-0.3, -0.25) is 0 Å². The van der Waals surface area contributed by atoms with E-state index in [1.54, 1.807) is 0 Å². The highest BCUT2D eigenvalue weighted by Crippen LogP contribution is 2.15. The SMILES string of the molecule is CNC(C)(C)CCCc1nc2ccccc2[nH]1. The number of hydrogen-bond acceptors (Lipinski definition) is 2. The van der Waals surface area contributed by atoms with Crippen molar-refractivity contribution in [2.24, 2.45) is 0 Å². The first-order chi connectivity index (χ1) is 8.11. The van der Waals surface area contributed by atoms with Crippen LogP contribution in [0, 0.1) is 0 Å². The number of fused-ring (bicyclic) bond motifs is 1. The molecule has 0 unspecified atom stereocenters. The van der Waals surface area contributed by atoms with Gasteiger partial charge in [0.25, 0.3) is 0 Å². The molecule has 0 bridgehead atoms. The minimum atomic E-state index is 0.214. The Morgan fingerprint density at radius 1 is 1.29 bits per heavy atom. The summed E-state index contributed by atoms with van der Waals surface area (Å²) in [5.74, 6) is 1.10. The molecule has 0 spiro atoms. The lowest BCUT2D eigenvalue weighted by molar-refractivity contribution is 0.381. The molecule has 92 valence electrons. The van der Waals surface area contributed by atoms with Crippen LogP contribution in [0.15, 0.2) is 24.3 Å². The zero-order valence-corrected chi connectivity index (χ0v) is 10.9. The number of aryl methyl sites for hydroxylation is 1. The van der Waals surface area contributed by atoms with Gasteiger partial charge in [-0.2, -0.15) is 0 Å². The average molecular weight is 231 g/mol. The Morgan fingerprint density at radius 3 is 2.76 bits per heavy atom. The van der Waals surface area contributed by atoms with Gasteiger partial charge in [0.2, 0.25) is 0 Å². The van der Waals surface area contributed by atoms with Crippen LogP contribution in [-0.4, -0.2) is 22.6 Å². The van der Waals surface area contributed by atoms with Crippen LogP contribution >= 0.6 is 0 Å². The zero-order valence-electron chi connectivity index (χ0n) is 10.9. The Balaban J connectivity index is 1.95. The van der Waals surface area contributed by atoms with Crippen LogP contribution in [0.4, 0.5) is 0 Å². The van der Waals surface area contributed by atoms with E-state index in [9.17, 15) is 0 Å². The standard InChI is InChI=1S/C14H21N3/c1-14(2,15-3)10-6-9-13-16-11-7-4-5-8-12(11)17-13/h4-5,7-8,15H,6,9-10H2,1-3H3,(H,16,17). The van der Waals surface area contributed by atoms with Crippen molar-refractivity contribution in [1.82, 2.24) is 15.3 Å². The molecule has 0 atom stereocenters. The van der Waals surface area contributed by atoms with Crippen LogP contribution < -0.4 is 5.32 Å². The topological polar surface area (TPSA) is 40.7 Å². The highest BCUT2D eigenvalue weighted by Gasteiger charge is 2.14. The van der Waals surface area contributed by atoms with E-state index in [1.807, 2.05) is 25.2 Å². The molecule has 0 aliphatic rings. The quantitative estimate of drug-likeness (QED) is 0.830. The van der Waals surface area contributed by atoms with Crippen molar-refractivity contribution in [3.63, 3.8) is 0 Å². The smallest absolute Gasteiger partial charge is 0.107 e. The highest BCUT2D eigenvalue weighted by molar-refractivity contribution is 5.74. The molecule has 0 aliphatic carbocycles. The molecular weight excluding hydrogens is 210 g/mol. The third-order valence-electron chi connectivity index (χ3n) is 3.33. The van der Waals surface area contributed by atoms with E-state index in [0.717, 1.165) is 36.1 Å². The minimum absolute atomic E-state index is 0.214. The Hall–Kier alpha value is -1.35. The van der Waals surface area contributed by atoms with Crippen molar-refractivity contribution in [3.05, 3.63) is 30.1 Å². The largest absolute Gasteiger partial charge is 0.342 e. The van der Waals surface area contributed by atoms with Crippen molar-refractivity contribution < 1.29 is 0 Å². The maximum atomic E-state index is 4.58. The summed E-state index contributed by atoms with van der Waals surface area (Å²) in [6, 6.07) is 8.18. The summed E-state index contributed by atoms with van der Waals surface area (Å²) in [5, 5.41) is 3.32. The summed E-state index contributed by atoms with van der Waals surface area (Å²) in [6.45, 7) is 4.46. The lowest BCUT2D eigenvalue weighted by Gasteiger charge is -2.23. The van der Waals surface area contributed by atoms with Gasteiger partial charge in [-0.25, -0.2) is 4.98 Å². The molecule has 0 fully saturated rings. The number of nitrogens with zero attached hydrogens (tertiary/aromatic N) is 1. The van der Waals surface area contributed by atoms with Crippen molar-refractivity contribution in [2.75, 3.05) is 7.05 Å². The average Bonchev–Trinajstić information content (AvgIpc) is 2.71. The van der Waals surface area contributed by atoms with Crippen molar-refractivity contribution in [1.29, 1.82) is 0 Å². The number of hydrogen-bond donors (Lipinski definition) is 2. The number of imidazole rings is 1. The summed E-state index contributed by atoms with van der Waals surface area (Å²) in [6.07, 6.45) is 3.31. The molecule has 17 heavy (non-hydrogen) atoms. The van der Waals surface area contributed by atoms with Gasteiger partial charge in [0, 0.05) is 12.0 Å². The molecular formula is C14H21N3. The predicted octanol–water partition coefficient (Wildman–Crippen LogP) is 2.88. The predicted molar refractivity (Wildman–Crippen MR) is 72.2 cm³/mol. The lowest BCUT2D eigenvalue weighted by atomic mass is 9.97. The fourth-order valence-electron chi connectivity index (χ4n) is 1.95. The van der Waals surface area contributed by atoms with Gasteiger partial charge in [0.05, 0.1) is 11.0 Å². The molecule has 0 aliphatic heterocycles. The maximum absolute atomic E-state index is 4.58. The molecule has 1 heterocycles. The van der Waals surface area contributed by atoms with Crippen molar-refractivity contribution in [2.45, 2.75) is 38.6 Å². The molecule has 3 nitrogen and oxygen atoms in total. The zero-order chi connectivity index (χ0) is 12.3. The number of aromatic amines is 1. The van der Waals surface area contributed by atoms with Crippen LogP contribution in [0.1, 0.15) is 32.5 Å². The number of H-pyrrole nitrogens is 1. The minimum Gasteiger partial charge on any atom is -0.342 e. The third kappa shape index (κ3) is 3.07. The van der Waals surface area contributed by atoms with E-state index in [1.165, 1.54) is 0 Å². The fraction of sp³-hybridized carbons (Fsp3) is 0.500. The van der Waals surface area contributed by atoms with Crippen LogP contribution in [0.5, 0.6) is 0 Å². The van der Waals surface area contributed by atoms with Crippen LogP contribution in [0.3, 0.4) is 0 Å². The van der Waals surface area contributed by atoms with Gasteiger partial charge in [-0.1, -0.05) is 12.1 Å².